The van der Waals surface area contributed by atoms with Crippen molar-refractivity contribution >= 4 is 0 Å². The summed E-state index contributed by atoms with van der Waals surface area (Å²) in [6.07, 6.45) is 5.50. The van der Waals surface area contributed by atoms with Crippen LogP contribution in [-0.4, -0.2) is 0 Å². The molecule has 3 aliphatic carbocycles. The topological polar surface area (TPSA) is 0 Å². The third-order valence-electron chi connectivity index (χ3n) is 4.44. The Hall–Kier alpha value is 1.10. The SMILES string of the molecule is [CH2-]C(C)CC1([CH2-])C2CCC1(C)C2.[Y]. The van der Waals surface area contributed by atoms with Gasteiger partial charge in [-0.1, -0.05) is 38.0 Å². The predicted molar refractivity (Wildman–Crippen MR) is 52.4 cm³/mol. The molecule has 0 nitrogen and oxygen atoms in total. The van der Waals surface area contributed by atoms with Gasteiger partial charge in [-0.15, -0.1) is 0 Å². The van der Waals surface area contributed by atoms with Crippen molar-refractivity contribution in [2.75, 3.05) is 0 Å². The van der Waals surface area contributed by atoms with Gasteiger partial charge < -0.3 is 13.8 Å². The first-order valence-corrected chi connectivity index (χ1v) is 5.16. The molecule has 3 fully saturated rings. The van der Waals surface area contributed by atoms with E-state index in [1.54, 1.807) is 0 Å². The van der Waals surface area contributed by atoms with E-state index in [-0.39, 0.29) is 32.7 Å². The van der Waals surface area contributed by atoms with Crippen molar-refractivity contribution in [1.29, 1.82) is 0 Å². The van der Waals surface area contributed by atoms with E-state index >= 15 is 0 Å². The predicted octanol–water partition coefficient (Wildman–Crippen LogP) is 3.48. The molecule has 73 valence electrons. The van der Waals surface area contributed by atoms with E-state index in [4.69, 9.17) is 0 Å². The van der Waals surface area contributed by atoms with Gasteiger partial charge in [-0.25, -0.2) is 0 Å². The van der Waals surface area contributed by atoms with Gasteiger partial charge in [-0.3, -0.25) is 0 Å². The van der Waals surface area contributed by atoms with Crippen LogP contribution in [0.5, 0.6) is 0 Å². The van der Waals surface area contributed by atoms with Gasteiger partial charge in [0.2, 0.25) is 0 Å². The molecule has 3 aliphatic rings. The summed E-state index contributed by atoms with van der Waals surface area (Å²) in [6.45, 7) is 13.2. The van der Waals surface area contributed by atoms with Crippen LogP contribution < -0.4 is 0 Å². The quantitative estimate of drug-likeness (QED) is 0.661. The van der Waals surface area contributed by atoms with Crippen LogP contribution in [0.15, 0.2) is 0 Å². The Bertz CT molecular complexity index is 195. The third-order valence-corrected chi connectivity index (χ3v) is 4.44. The molecule has 13 heavy (non-hydrogen) atoms. The molecule has 0 aromatic rings. The average molecular weight is 253 g/mol. The van der Waals surface area contributed by atoms with E-state index in [0.29, 0.717) is 16.7 Å². The summed E-state index contributed by atoms with van der Waals surface area (Å²) >= 11 is 0. The van der Waals surface area contributed by atoms with Crippen LogP contribution in [0.2, 0.25) is 0 Å². The smallest absolute Gasteiger partial charge is 0 e. The summed E-state index contributed by atoms with van der Waals surface area (Å²) in [7, 11) is 0. The van der Waals surface area contributed by atoms with E-state index in [1.807, 2.05) is 0 Å². The summed E-state index contributed by atoms with van der Waals surface area (Å²) in [5.41, 5.74) is 0.970. The summed E-state index contributed by atoms with van der Waals surface area (Å²) in [4.78, 5) is 0. The number of rotatable bonds is 2. The minimum atomic E-state index is 0. The maximum atomic E-state index is 4.47. The standard InChI is InChI=1S/C12H20.Y/c1-9(2)7-12(4)10-5-6-11(12,3)8-10;/h9-10H,1,4-8H2,2-3H3;/q-2;. The zero-order chi connectivity index (χ0) is 8.98. The second-order valence-corrected chi connectivity index (χ2v) is 5.47. The van der Waals surface area contributed by atoms with Gasteiger partial charge in [0.1, 0.15) is 0 Å². The van der Waals surface area contributed by atoms with Crippen molar-refractivity contribution in [2.45, 2.75) is 39.5 Å². The maximum absolute atomic E-state index is 4.47. The fraction of sp³-hybridized carbons (Fsp3) is 0.833. The van der Waals surface area contributed by atoms with Crippen molar-refractivity contribution in [3.8, 4) is 0 Å². The van der Waals surface area contributed by atoms with Crippen molar-refractivity contribution in [2.24, 2.45) is 22.7 Å². The van der Waals surface area contributed by atoms with Crippen LogP contribution in [0.3, 0.4) is 0 Å². The van der Waals surface area contributed by atoms with Gasteiger partial charge in [0.05, 0.1) is 0 Å². The Morgan fingerprint density at radius 1 is 1.54 bits per heavy atom. The Balaban J connectivity index is 0.000000845. The normalized spacial score (nSPS) is 49.4. The van der Waals surface area contributed by atoms with Gasteiger partial charge in [-0.2, -0.15) is 11.3 Å². The molecule has 3 rings (SSSR count). The number of hydrogen-bond acceptors (Lipinski definition) is 0. The Morgan fingerprint density at radius 3 is 2.46 bits per heavy atom. The first-order chi connectivity index (χ1) is 5.48. The molecule has 4 unspecified atom stereocenters. The molecule has 0 heterocycles. The molecule has 1 heteroatoms. The first-order valence-electron chi connectivity index (χ1n) is 5.16. The summed E-state index contributed by atoms with van der Waals surface area (Å²) in [5.74, 6) is 1.49. The van der Waals surface area contributed by atoms with Crippen LogP contribution >= 0.6 is 0 Å². The van der Waals surface area contributed by atoms with Crippen molar-refractivity contribution in [1.82, 2.24) is 0 Å². The molecular weight excluding hydrogens is 233 g/mol. The molecule has 2 bridgehead atoms. The van der Waals surface area contributed by atoms with Crippen molar-refractivity contribution in [3.63, 3.8) is 0 Å². The van der Waals surface area contributed by atoms with E-state index in [1.165, 1.54) is 25.7 Å². The van der Waals surface area contributed by atoms with Crippen LogP contribution in [0.25, 0.3) is 0 Å². The first kappa shape index (κ1) is 12.2. The van der Waals surface area contributed by atoms with Crippen LogP contribution in [0.4, 0.5) is 0 Å². The molecule has 1 radical (unpaired) electrons. The third kappa shape index (κ3) is 1.57. The molecular formula is C12H20Y-2. The Morgan fingerprint density at radius 2 is 2.15 bits per heavy atom. The van der Waals surface area contributed by atoms with E-state index in [9.17, 15) is 0 Å². The maximum Gasteiger partial charge on any atom is 0 e. The van der Waals surface area contributed by atoms with Gasteiger partial charge >= 0.3 is 0 Å². The molecule has 0 saturated heterocycles. The van der Waals surface area contributed by atoms with E-state index < -0.39 is 0 Å². The van der Waals surface area contributed by atoms with Crippen molar-refractivity contribution in [3.05, 3.63) is 13.8 Å². The number of hydrogen-bond donors (Lipinski definition) is 0. The van der Waals surface area contributed by atoms with Gasteiger partial charge in [0.15, 0.2) is 0 Å². The molecule has 0 aromatic carbocycles. The van der Waals surface area contributed by atoms with Gasteiger partial charge in [-0.05, 0) is 12.8 Å². The Kier molecular flexibility index (Phi) is 3.37. The number of fused-ring (bicyclic) bond motifs is 1. The fourth-order valence-electron chi connectivity index (χ4n) is 3.56. The monoisotopic (exact) mass is 253 g/mol. The minimum absolute atomic E-state index is 0. The molecule has 0 spiro atoms. The minimum Gasteiger partial charge on any atom is -0.341 e. The zero-order valence-electron chi connectivity index (χ0n) is 8.97. The second-order valence-electron chi connectivity index (χ2n) is 5.47. The van der Waals surface area contributed by atoms with E-state index in [2.05, 4.69) is 27.7 Å². The largest absolute Gasteiger partial charge is 0.341 e. The Labute approximate surface area is 108 Å². The molecule has 0 aromatic heterocycles. The zero-order valence-corrected chi connectivity index (χ0v) is 11.8. The summed E-state index contributed by atoms with van der Waals surface area (Å²) in [6, 6.07) is 0. The molecule has 3 saturated carbocycles. The molecule has 0 N–H and O–H groups in total. The second kappa shape index (κ2) is 3.60. The van der Waals surface area contributed by atoms with Crippen LogP contribution in [0, 0.1) is 36.5 Å². The van der Waals surface area contributed by atoms with E-state index in [0.717, 1.165) is 5.92 Å². The van der Waals surface area contributed by atoms with Gasteiger partial charge in [0.25, 0.3) is 0 Å². The van der Waals surface area contributed by atoms with Crippen LogP contribution in [-0.2, 0) is 32.7 Å². The molecule has 0 amide bonds. The average Bonchev–Trinajstić information content (AvgIpc) is 2.41. The molecule has 4 atom stereocenters. The summed E-state index contributed by atoms with van der Waals surface area (Å²) in [5, 5.41) is 0. The fourth-order valence-corrected chi connectivity index (χ4v) is 3.56. The van der Waals surface area contributed by atoms with Crippen LogP contribution in [0.1, 0.15) is 39.5 Å². The summed E-state index contributed by atoms with van der Waals surface area (Å²) < 4.78 is 0. The van der Waals surface area contributed by atoms with Crippen molar-refractivity contribution < 1.29 is 32.7 Å². The van der Waals surface area contributed by atoms with Gasteiger partial charge in [0, 0.05) is 32.7 Å². The molecule has 0 aliphatic heterocycles.